The van der Waals surface area contributed by atoms with Gasteiger partial charge in [0.2, 0.25) is 0 Å². The molecule has 0 aliphatic heterocycles. The second-order valence-corrected chi connectivity index (χ2v) is 4.14. The summed E-state index contributed by atoms with van der Waals surface area (Å²) in [5.41, 5.74) is 2.62. The molecule has 0 saturated carbocycles. The monoisotopic (exact) mass is 265 g/mol. The number of aromatic nitrogens is 2. The van der Waals surface area contributed by atoms with Crippen molar-refractivity contribution >= 4 is 11.6 Å². The molecule has 0 aliphatic carbocycles. The van der Waals surface area contributed by atoms with E-state index in [1.807, 2.05) is 24.3 Å². The highest BCUT2D eigenvalue weighted by Gasteiger charge is 2.08. The van der Waals surface area contributed by atoms with Crippen molar-refractivity contribution in [2.24, 2.45) is 0 Å². The van der Waals surface area contributed by atoms with Crippen molar-refractivity contribution < 1.29 is 9.21 Å². The molecule has 20 heavy (non-hydrogen) atoms. The quantitative estimate of drug-likeness (QED) is 0.790. The number of amides is 1. The molecule has 98 valence electrons. The number of nitrogens with zero attached hydrogens (tertiary/aromatic N) is 2. The van der Waals surface area contributed by atoms with Crippen LogP contribution in [0.4, 0.5) is 5.69 Å². The lowest BCUT2D eigenvalue weighted by molar-refractivity contribution is 0.0996. The Hall–Kier alpha value is -2.95. The molecule has 2 aromatic heterocycles. The molecule has 0 spiro atoms. The molecule has 1 aromatic carbocycles. The maximum Gasteiger partial charge on any atom is 0.291 e. The molecule has 5 nitrogen and oxygen atoms in total. The molecule has 5 heteroatoms. The van der Waals surface area contributed by atoms with Gasteiger partial charge in [-0.1, -0.05) is 12.1 Å². The van der Waals surface area contributed by atoms with Crippen LogP contribution in [-0.4, -0.2) is 15.9 Å². The summed E-state index contributed by atoms with van der Waals surface area (Å²) in [4.78, 5) is 19.7. The molecule has 1 N–H and O–H groups in total. The van der Waals surface area contributed by atoms with Gasteiger partial charge in [-0.2, -0.15) is 0 Å². The Morgan fingerprint density at radius 3 is 2.40 bits per heavy atom. The Bertz CT molecular complexity index is 692. The van der Waals surface area contributed by atoms with Crippen molar-refractivity contribution in [2.45, 2.75) is 0 Å². The summed E-state index contributed by atoms with van der Waals surface area (Å²) in [7, 11) is 0. The van der Waals surface area contributed by atoms with Crippen molar-refractivity contribution in [3.63, 3.8) is 0 Å². The van der Waals surface area contributed by atoms with Crippen LogP contribution >= 0.6 is 0 Å². The van der Waals surface area contributed by atoms with Crippen molar-refractivity contribution in [3.8, 4) is 11.1 Å². The van der Waals surface area contributed by atoms with Crippen LogP contribution < -0.4 is 5.32 Å². The topological polar surface area (TPSA) is 68.0 Å². The van der Waals surface area contributed by atoms with E-state index in [9.17, 15) is 4.79 Å². The van der Waals surface area contributed by atoms with Gasteiger partial charge in [0.15, 0.2) is 5.76 Å². The van der Waals surface area contributed by atoms with Crippen molar-refractivity contribution in [3.05, 3.63) is 67.1 Å². The second-order valence-electron chi connectivity index (χ2n) is 4.14. The first-order chi connectivity index (χ1) is 9.83. The Kier molecular flexibility index (Phi) is 3.24. The Labute approximate surface area is 115 Å². The number of hydrogen-bond donors (Lipinski definition) is 1. The van der Waals surface area contributed by atoms with E-state index in [4.69, 9.17) is 4.42 Å². The van der Waals surface area contributed by atoms with Gasteiger partial charge in [-0.05, 0) is 29.8 Å². The van der Waals surface area contributed by atoms with E-state index < -0.39 is 0 Å². The van der Waals surface area contributed by atoms with E-state index >= 15 is 0 Å². The van der Waals surface area contributed by atoms with Gasteiger partial charge in [-0.15, -0.1) is 0 Å². The molecule has 0 unspecified atom stereocenters. The normalized spacial score (nSPS) is 10.2. The van der Waals surface area contributed by atoms with Gasteiger partial charge in [0, 0.05) is 23.6 Å². The molecule has 0 bridgehead atoms. The fourth-order valence-corrected chi connectivity index (χ4v) is 1.79. The lowest BCUT2D eigenvalue weighted by Crippen LogP contribution is -2.10. The highest BCUT2D eigenvalue weighted by Crippen LogP contribution is 2.20. The van der Waals surface area contributed by atoms with E-state index in [0.29, 0.717) is 5.69 Å². The number of furan rings is 1. The zero-order valence-electron chi connectivity index (χ0n) is 10.5. The number of nitrogens with one attached hydrogen (secondary N) is 1. The molecule has 0 atom stereocenters. The molecule has 0 radical (unpaired) electrons. The summed E-state index contributed by atoms with van der Waals surface area (Å²) in [6.07, 6.45) is 6.43. The van der Waals surface area contributed by atoms with Gasteiger partial charge in [0.05, 0.1) is 6.26 Å². The Balaban J connectivity index is 1.75. The summed E-state index contributed by atoms with van der Waals surface area (Å²) < 4.78 is 5.03. The minimum atomic E-state index is -0.272. The fraction of sp³-hybridized carbons (Fsp3) is 0. The van der Waals surface area contributed by atoms with E-state index in [0.717, 1.165) is 11.1 Å². The van der Waals surface area contributed by atoms with Crippen molar-refractivity contribution in [1.82, 2.24) is 9.97 Å². The predicted octanol–water partition coefficient (Wildman–Crippen LogP) is 2.99. The maximum atomic E-state index is 11.8. The first-order valence-corrected chi connectivity index (χ1v) is 6.03. The fourth-order valence-electron chi connectivity index (χ4n) is 1.79. The molecular weight excluding hydrogens is 254 g/mol. The SMILES string of the molecule is O=C(Nc1ccc(-c2cncnc2)cc1)c1ccco1. The zero-order valence-corrected chi connectivity index (χ0v) is 10.5. The zero-order chi connectivity index (χ0) is 13.8. The third kappa shape index (κ3) is 2.56. The Morgan fingerprint density at radius 1 is 1.00 bits per heavy atom. The standard InChI is InChI=1S/C15H11N3O2/c19-15(14-2-1-7-20-14)18-13-5-3-11(4-6-13)12-8-16-10-17-9-12/h1-10H,(H,18,19). The first kappa shape index (κ1) is 12.1. The van der Waals surface area contributed by atoms with Crippen LogP contribution in [0.3, 0.4) is 0 Å². The largest absolute Gasteiger partial charge is 0.459 e. The van der Waals surface area contributed by atoms with Gasteiger partial charge in [-0.25, -0.2) is 9.97 Å². The second kappa shape index (κ2) is 5.36. The van der Waals surface area contributed by atoms with E-state index in [1.165, 1.54) is 12.6 Å². The molecule has 1 amide bonds. The number of benzene rings is 1. The Morgan fingerprint density at radius 2 is 1.75 bits per heavy atom. The molecular formula is C15H11N3O2. The molecule has 3 aromatic rings. The highest BCUT2D eigenvalue weighted by atomic mass is 16.3. The number of hydrogen-bond acceptors (Lipinski definition) is 4. The minimum Gasteiger partial charge on any atom is -0.459 e. The first-order valence-electron chi connectivity index (χ1n) is 6.03. The summed E-state index contributed by atoms with van der Waals surface area (Å²) in [6.45, 7) is 0. The number of anilines is 1. The van der Waals surface area contributed by atoms with Crippen LogP contribution in [0.25, 0.3) is 11.1 Å². The average molecular weight is 265 g/mol. The molecule has 0 fully saturated rings. The van der Waals surface area contributed by atoms with E-state index in [2.05, 4.69) is 15.3 Å². The smallest absolute Gasteiger partial charge is 0.291 e. The predicted molar refractivity (Wildman–Crippen MR) is 74.1 cm³/mol. The van der Waals surface area contributed by atoms with Gasteiger partial charge < -0.3 is 9.73 Å². The highest BCUT2D eigenvalue weighted by molar-refractivity contribution is 6.02. The molecule has 0 saturated heterocycles. The number of carbonyl (C=O) groups excluding carboxylic acids is 1. The molecule has 2 heterocycles. The third-order valence-electron chi connectivity index (χ3n) is 2.78. The van der Waals surface area contributed by atoms with E-state index in [1.54, 1.807) is 24.5 Å². The minimum absolute atomic E-state index is 0.272. The van der Waals surface area contributed by atoms with Gasteiger partial charge in [0.1, 0.15) is 6.33 Å². The van der Waals surface area contributed by atoms with Crippen LogP contribution in [0.15, 0.2) is 65.8 Å². The lowest BCUT2D eigenvalue weighted by atomic mass is 10.1. The summed E-state index contributed by atoms with van der Waals surface area (Å²) in [6, 6.07) is 10.7. The van der Waals surface area contributed by atoms with Crippen molar-refractivity contribution in [2.75, 3.05) is 5.32 Å². The number of rotatable bonds is 3. The summed E-state index contributed by atoms with van der Waals surface area (Å²) >= 11 is 0. The van der Waals surface area contributed by atoms with Gasteiger partial charge in [0.25, 0.3) is 5.91 Å². The van der Waals surface area contributed by atoms with Crippen LogP contribution in [0, 0.1) is 0 Å². The lowest BCUT2D eigenvalue weighted by Gasteiger charge is -2.05. The number of carbonyl (C=O) groups is 1. The molecule has 0 aliphatic rings. The summed E-state index contributed by atoms with van der Waals surface area (Å²) in [5, 5.41) is 2.76. The van der Waals surface area contributed by atoms with E-state index in [-0.39, 0.29) is 11.7 Å². The maximum absolute atomic E-state index is 11.8. The van der Waals surface area contributed by atoms with Gasteiger partial charge in [-0.3, -0.25) is 4.79 Å². The third-order valence-corrected chi connectivity index (χ3v) is 2.78. The van der Waals surface area contributed by atoms with Crippen molar-refractivity contribution in [1.29, 1.82) is 0 Å². The van der Waals surface area contributed by atoms with Crippen LogP contribution in [0.1, 0.15) is 10.6 Å². The van der Waals surface area contributed by atoms with Gasteiger partial charge >= 0.3 is 0 Å². The molecule has 3 rings (SSSR count). The average Bonchev–Trinajstić information content (AvgIpc) is 3.03. The van der Waals surface area contributed by atoms with Crippen LogP contribution in [0.2, 0.25) is 0 Å². The summed E-state index contributed by atoms with van der Waals surface area (Å²) in [5.74, 6) is 0.0105. The van der Waals surface area contributed by atoms with Crippen LogP contribution in [0.5, 0.6) is 0 Å². The van der Waals surface area contributed by atoms with Crippen LogP contribution in [-0.2, 0) is 0 Å².